The number of anilines is 2. The summed E-state index contributed by atoms with van der Waals surface area (Å²) in [4.78, 5) is 13.2. The van der Waals surface area contributed by atoms with Crippen LogP contribution in [0.2, 0.25) is 0 Å². The molecule has 0 atom stereocenters. The number of halogens is 2. The van der Waals surface area contributed by atoms with Gasteiger partial charge in [0.1, 0.15) is 11.3 Å². The molecule has 104 valence electrons. The highest BCUT2D eigenvalue weighted by Gasteiger charge is 2.32. The van der Waals surface area contributed by atoms with E-state index in [-0.39, 0.29) is 17.8 Å². The summed E-state index contributed by atoms with van der Waals surface area (Å²) in [6.45, 7) is 5.44. The molecular formula is C13H16F2N2O2. The lowest BCUT2D eigenvalue weighted by Gasteiger charge is -2.24. The van der Waals surface area contributed by atoms with E-state index in [0.717, 1.165) is 6.07 Å². The van der Waals surface area contributed by atoms with Gasteiger partial charge in [-0.15, -0.1) is 0 Å². The number of carbonyl (C=O) groups excluding carboxylic acids is 1. The van der Waals surface area contributed by atoms with E-state index in [1.165, 1.54) is 4.90 Å². The lowest BCUT2D eigenvalue weighted by atomic mass is 10.1. The number of carbonyl (C=O) groups is 1. The van der Waals surface area contributed by atoms with Crippen molar-refractivity contribution in [1.82, 2.24) is 0 Å². The predicted molar refractivity (Wildman–Crippen MR) is 68.1 cm³/mol. The number of amides is 1. The van der Waals surface area contributed by atoms with Crippen molar-refractivity contribution >= 4 is 17.5 Å². The topological polar surface area (TPSA) is 55.6 Å². The summed E-state index contributed by atoms with van der Waals surface area (Å²) < 4.78 is 32.5. The second-order valence-corrected chi connectivity index (χ2v) is 5.47. The maximum absolute atomic E-state index is 13.8. The van der Waals surface area contributed by atoms with Crippen LogP contribution in [0.3, 0.4) is 0 Å². The molecule has 0 fully saturated rings. The van der Waals surface area contributed by atoms with E-state index in [1.807, 2.05) is 0 Å². The molecule has 0 saturated heterocycles. The van der Waals surface area contributed by atoms with E-state index >= 15 is 0 Å². The molecule has 1 heterocycles. The van der Waals surface area contributed by atoms with Gasteiger partial charge in [-0.3, -0.25) is 4.90 Å². The van der Waals surface area contributed by atoms with Gasteiger partial charge < -0.3 is 10.5 Å². The Hall–Kier alpha value is -1.85. The first-order valence-electron chi connectivity index (χ1n) is 5.97. The quantitative estimate of drug-likeness (QED) is 0.737. The molecule has 1 aromatic carbocycles. The highest BCUT2D eigenvalue weighted by molar-refractivity contribution is 5.91. The zero-order valence-electron chi connectivity index (χ0n) is 11.1. The number of nitrogens with zero attached hydrogens (tertiary/aromatic N) is 1. The summed E-state index contributed by atoms with van der Waals surface area (Å²) >= 11 is 0. The number of benzene rings is 1. The fourth-order valence-electron chi connectivity index (χ4n) is 1.99. The smallest absolute Gasteiger partial charge is 0.414 e. The van der Waals surface area contributed by atoms with Crippen LogP contribution in [0.15, 0.2) is 6.07 Å². The number of hydrogen-bond donors (Lipinski definition) is 1. The van der Waals surface area contributed by atoms with E-state index in [9.17, 15) is 13.6 Å². The van der Waals surface area contributed by atoms with Gasteiger partial charge in [0.15, 0.2) is 11.6 Å². The molecule has 2 N–H and O–H groups in total. The van der Waals surface area contributed by atoms with E-state index in [4.69, 9.17) is 10.5 Å². The summed E-state index contributed by atoms with van der Waals surface area (Å²) in [5.41, 5.74) is 4.57. The Morgan fingerprint density at radius 3 is 2.63 bits per heavy atom. The van der Waals surface area contributed by atoms with Gasteiger partial charge in [0.2, 0.25) is 0 Å². The lowest BCUT2D eigenvalue weighted by Crippen LogP contribution is -2.35. The Morgan fingerprint density at radius 1 is 1.42 bits per heavy atom. The molecule has 0 aromatic heterocycles. The SMILES string of the molecule is CC(C)(C)OC(=O)N1CCc2c1cc(F)c(N)c2F. The van der Waals surface area contributed by atoms with Crippen molar-refractivity contribution < 1.29 is 18.3 Å². The maximum atomic E-state index is 13.8. The third-order valence-corrected chi connectivity index (χ3v) is 2.82. The van der Waals surface area contributed by atoms with Crippen molar-refractivity contribution in [3.63, 3.8) is 0 Å². The molecule has 0 unspecified atom stereocenters. The molecular weight excluding hydrogens is 254 g/mol. The molecule has 0 radical (unpaired) electrons. The largest absolute Gasteiger partial charge is 0.443 e. The average molecular weight is 270 g/mol. The van der Waals surface area contributed by atoms with Gasteiger partial charge in [0, 0.05) is 18.2 Å². The van der Waals surface area contributed by atoms with Crippen LogP contribution in [-0.2, 0) is 11.2 Å². The number of fused-ring (bicyclic) bond motifs is 1. The first kappa shape index (κ1) is 13.6. The van der Waals surface area contributed by atoms with Crippen LogP contribution >= 0.6 is 0 Å². The summed E-state index contributed by atoms with van der Waals surface area (Å²) in [6, 6.07) is 1.07. The third kappa shape index (κ3) is 2.47. The average Bonchev–Trinajstić information content (AvgIpc) is 2.67. The van der Waals surface area contributed by atoms with Crippen molar-refractivity contribution in [2.24, 2.45) is 0 Å². The Bertz CT molecular complexity index is 538. The fourth-order valence-corrected chi connectivity index (χ4v) is 1.99. The van der Waals surface area contributed by atoms with E-state index < -0.39 is 29.0 Å². The standard InChI is InChI=1S/C13H16F2N2O2/c1-13(2,3)19-12(18)17-5-4-7-9(17)6-8(14)11(16)10(7)15/h6H,4-5,16H2,1-3H3. The van der Waals surface area contributed by atoms with Crippen LogP contribution in [0, 0.1) is 11.6 Å². The molecule has 2 rings (SSSR count). The van der Waals surface area contributed by atoms with Crippen LogP contribution in [0.5, 0.6) is 0 Å². The zero-order chi connectivity index (χ0) is 14.4. The van der Waals surface area contributed by atoms with Crippen LogP contribution in [0.4, 0.5) is 25.0 Å². The second kappa shape index (κ2) is 4.36. The van der Waals surface area contributed by atoms with Gasteiger partial charge in [-0.25, -0.2) is 13.6 Å². The normalized spacial score (nSPS) is 14.5. The summed E-state index contributed by atoms with van der Waals surface area (Å²) in [5, 5.41) is 0. The van der Waals surface area contributed by atoms with Gasteiger partial charge in [0.05, 0.1) is 5.69 Å². The lowest BCUT2D eigenvalue weighted by molar-refractivity contribution is 0.0584. The van der Waals surface area contributed by atoms with Crippen molar-refractivity contribution in [1.29, 1.82) is 0 Å². The van der Waals surface area contributed by atoms with Gasteiger partial charge in [-0.2, -0.15) is 0 Å². The van der Waals surface area contributed by atoms with E-state index in [0.29, 0.717) is 6.42 Å². The van der Waals surface area contributed by atoms with Gasteiger partial charge in [-0.05, 0) is 27.2 Å². The van der Waals surface area contributed by atoms with E-state index in [1.54, 1.807) is 20.8 Å². The van der Waals surface area contributed by atoms with Crippen molar-refractivity contribution in [2.45, 2.75) is 32.8 Å². The Balaban J connectivity index is 2.35. The second-order valence-electron chi connectivity index (χ2n) is 5.47. The highest BCUT2D eigenvalue weighted by atomic mass is 19.1. The molecule has 6 heteroatoms. The molecule has 0 saturated carbocycles. The molecule has 1 amide bonds. The number of nitrogen functional groups attached to an aromatic ring is 1. The Morgan fingerprint density at radius 2 is 2.05 bits per heavy atom. The van der Waals surface area contributed by atoms with Crippen molar-refractivity contribution in [2.75, 3.05) is 17.2 Å². The third-order valence-electron chi connectivity index (χ3n) is 2.82. The summed E-state index contributed by atoms with van der Waals surface area (Å²) in [7, 11) is 0. The number of hydrogen-bond acceptors (Lipinski definition) is 3. The van der Waals surface area contributed by atoms with Gasteiger partial charge in [0.25, 0.3) is 0 Å². The van der Waals surface area contributed by atoms with Crippen LogP contribution < -0.4 is 10.6 Å². The molecule has 1 aromatic rings. The minimum absolute atomic E-state index is 0.193. The van der Waals surface area contributed by atoms with E-state index in [2.05, 4.69) is 0 Å². The van der Waals surface area contributed by atoms with Crippen LogP contribution in [0.1, 0.15) is 26.3 Å². The first-order valence-corrected chi connectivity index (χ1v) is 5.97. The Kier molecular flexibility index (Phi) is 3.12. The predicted octanol–water partition coefficient (Wildman–Crippen LogP) is 2.84. The Labute approximate surface area is 110 Å². The van der Waals surface area contributed by atoms with Crippen molar-refractivity contribution in [3.05, 3.63) is 23.3 Å². The van der Waals surface area contributed by atoms with Gasteiger partial charge >= 0.3 is 6.09 Å². The summed E-state index contributed by atoms with van der Waals surface area (Å²) in [5.74, 6) is -1.66. The van der Waals surface area contributed by atoms with Crippen LogP contribution in [-0.4, -0.2) is 18.2 Å². The zero-order valence-corrected chi connectivity index (χ0v) is 11.1. The molecule has 1 aliphatic heterocycles. The van der Waals surface area contributed by atoms with Gasteiger partial charge in [-0.1, -0.05) is 0 Å². The molecule has 0 spiro atoms. The summed E-state index contributed by atoms with van der Waals surface area (Å²) in [6.07, 6.45) is -0.319. The number of rotatable bonds is 0. The highest BCUT2D eigenvalue weighted by Crippen LogP contribution is 2.35. The van der Waals surface area contributed by atoms with Crippen molar-refractivity contribution in [3.8, 4) is 0 Å². The number of nitrogens with two attached hydrogens (primary N) is 1. The fraction of sp³-hybridized carbons (Fsp3) is 0.462. The monoisotopic (exact) mass is 270 g/mol. The molecule has 1 aliphatic rings. The van der Waals surface area contributed by atoms with Crippen LogP contribution in [0.25, 0.3) is 0 Å². The minimum Gasteiger partial charge on any atom is -0.443 e. The molecule has 0 aliphatic carbocycles. The maximum Gasteiger partial charge on any atom is 0.414 e. The number of ether oxygens (including phenoxy) is 1. The minimum atomic E-state index is -0.869. The molecule has 0 bridgehead atoms. The first-order chi connectivity index (χ1) is 8.70. The molecule has 19 heavy (non-hydrogen) atoms. The molecule has 4 nitrogen and oxygen atoms in total.